The maximum atomic E-state index is 6.23. The average molecular weight is 361 g/mol. The minimum Gasteiger partial charge on any atom is -0.316 e. The summed E-state index contributed by atoms with van der Waals surface area (Å²) in [4.78, 5) is 1.09. The Balaban J connectivity index is 2.00. The number of thioether (sulfide) groups is 1. The number of halogens is 3. The van der Waals surface area contributed by atoms with Crippen LogP contribution < -0.4 is 5.32 Å². The topological polar surface area (TPSA) is 12.0 Å². The second-order valence-electron chi connectivity index (χ2n) is 4.67. The lowest BCUT2D eigenvalue weighted by molar-refractivity contribution is 0.617. The van der Waals surface area contributed by atoms with Gasteiger partial charge in [-0.3, -0.25) is 0 Å². The van der Waals surface area contributed by atoms with Crippen molar-refractivity contribution in [3.05, 3.63) is 63.1 Å². The van der Waals surface area contributed by atoms with Crippen LogP contribution in [0.2, 0.25) is 15.1 Å². The molecule has 0 bridgehead atoms. The van der Waals surface area contributed by atoms with Crippen LogP contribution in [-0.4, -0.2) is 18.8 Å². The first kappa shape index (κ1) is 17.0. The summed E-state index contributed by atoms with van der Waals surface area (Å²) < 4.78 is 0. The molecular weight excluding hydrogens is 345 g/mol. The van der Waals surface area contributed by atoms with E-state index in [2.05, 4.69) is 5.32 Å². The molecule has 0 aliphatic carbocycles. The average Bonchev–Trinajstić information content (AvgIpc) is 2.48. The minimum absolute atomic E-state index is 0.294. The van der Waals surface area contributed by atoms with Gasteiger partial charge in [-0.2, -0.15) is 0 Å². The van der Waals surface area contributed by atoms with Gasteiger partial charge in [-0.1, -0.05) is 46.9 Å². The number of likely N-dealkylation sites (N-methyl/N-ethyl adjacent to an activating group) is 1. The van der Waals surface area contributed by atoms with Crippen molar-refractivity contribution in [2.24, 2.45) is 0 Å². The zero-order valence-corrected chi connectivity index (χ0v) is 14.7. The fourth-order valence-corrected chi connectivity index (χ4v) is 3.70. The van der Waals surface area contributed by atoms with Gasteiger partial charge in [0, 0.05) is 26.7 Å². The van der Waals surface area contributed by atoms with Gasteiger partial charge < -0.3 is 5.32 Å². The Morgan fingerprint density at radius 1 is 1.05 bits per heavy atom. The molecule has 112 valence electrons. The second-order valence-corrected chi connectivity index (χ2v) is 6.98. The third-order valence-corrected chi connectivity index (χ3v) is 5.44. The fourth-order valence-electron chi connectivity index (χ4n) is 1.96. The molecule has 0 saturated carbocycles. The van der Waals surface area contributed by atoms with Gasteiger partial charge in [0.05, 0.1) is 5.02 Å². The monoisotopic (exact) mass is 359 g/mol. The molecule has 2 aromatic rings. The van der Waals surface area contributed by atoms with Crippen molar-refractivity contribution in [3.8, 4) is 0 Å². The zero-order valence-electron chi connectivity index (χ0n) is 11.6. The van der Waals surface area contributed by atoms with Crippen LogP contribution >= 0.6 is 46.6 Å². The van der Waals surface area contributed by atoms with E-state index in [1.807, 2.05) is 43.4 Å². The van der Waals surface area contributed by atoms with Crippen molar-refractivity contribution in [1.82, 2.24) is 5.32 Å². The smallest absolute Gasteiger partial charge is 0.0541 e. The highest BCUT2D eigenvalue weighted by atomic mass is 35.5. The van der Waals surface area contributed by atoms with Gasteiger partial charge in [0.1, 0.15) is 0 Å². The molecule has 21 heavy (non-hydrogen) atoms. The van der Waals surface area contributed by atoms with E-state index in [0.29, 0.717) is 11.1 Å². The molecule has 5 heteroatoms. The Kier molecular flexibility index (Phi) is 6.72. The van der Waals surface area contributed by atoms with Crippen LogP contribution in [0.1, 0.15) is 5.56 Å². The van der Waals surface area contributed by atoms with Gasteiger partial charge in [0.2, 0.25) is 0 Å². The van der Waals surface area contributed by atoms with Gasteiger partial charge in [0.25, 0.3) is 0 Å². The van der Waals surface area contributed by atoms with E-state index in [4.69, 9.17) is 34.8 Å². The summed E-state index contributed by atoms with van der Waals surface area (Å²) in [6.07, 6.45) is 0.827. The molecule has 0 amide bonds. The van der Waals surface area contributed by atoms with Crippen LogP contribution in [0.25, 0.3) is 0 Å². The molecule has 2 rings (SSSR count). The van der Waals surface area contributed by atoms with E-state index in [-0.39, 0.29) is 0 Å². The first-order chi connectivity index (χ1) is 10.1. The SMILES string of the molecule is CNC(CSc1ccccc1Cl)Cc1cc(Cl)ccc1Cl. The van der Waals surface area contributed by atoms with Gasteiger partial charge in [-0.15, -0.1) is 11.8 Å². The number of benzene rings is 2. The molecule has 0 spiro atoms. The van der Waals surface area contributed by atoms with Gasteiger partial charge >= 0.3 is 0 Å². The van der Waals surface area contributed by atoms with Crippen molar-refractivity contribution in [2.45, 2.75) is 17.4 Å². The molecule has 2 aromatic carbocycles. The summed E-state index contributed by atoms with van der Waals surface area (Å²) in [6, 6.07) is 13.7. The third kappa shape index (κ3) is 5.08. The molecule has 0 radical (unpaired) electrons. The lowest BCUT2D eigenvalue weighted by Crippen LogP contribution is -2.30. The highest BCUT2D eigenvalue weighted by Gasteiger charge is 2.12. The Hall–Kier alpha value is -0.380. The van der Waals surface area contributed by atoms with Crippen LogP contribution in [0.4, 0.5) is 0 Å². The Labute approximate surface area is 145 Å². The van der Waals surface area contributed by atoms with E-state index < -0.39 is 0 Å². The number of nitrogens with one attached hydrogen (secondary N) is 1. The second kappa shape index (κ2) is 8.30. The first-order valence-electron chi connectivity index (χ1n) is 6.58. The molecule has 1 N–H and O–H groups in total. The summed E-state index contributed by atoms with van der Waals surface area (Å²) in [5.74, 6) is 0.906. The van der Waals surface area contributed by atoms with Gasteiger partial charge in [-0.05, 0) is 49.4 Å². The molecule has 1 atom stereocenters. The summed E-state index contributed by atoms with van der Waals surface area (Å²) in [6.45, 7) is 0. The zero-order chi connectivity index (χ0) is 15.2. The van der Waals surface area contributed by atoms with Crippen LogP contribution in [0.3, 0.4) is 0 Å². The number of hydrogen-bond donors (Lipinski definition) is 1. The first-order valence-corrected chi connectivity index (χ1v) is 8.70. The molecular formula is C16H16Cl3NS. The number of rotatable bonds is 6. The van der Waals surface area contributed by atoms with Gasteiger partial charge in [-0.25, -0.2) is 0 Å². The van der Waals surface area contributed by atoms with E-state index in [1.54, 1.807) is 17.8 Å². The summed E-state index contributed by atoms with van der Waals surface area (Å²) in [5.41, 5.74) is 1.06. The van der Waals surface area contributed by atoms with Crippen molar-refractivity contribution in [3.63, 3.8) is 0 Å². The summed E-state index contributed by atoms with van der Waals surface area (Å²) in [5, 5.41) is 5.57. The van der Waals surface area contributed by atoms with Crippen LogP contribution in [0, 0.1) is 0 Å². The largest absolute Gasteiger partial charge is 0.316 e. The minimum atomic E-state index is 0.294. The van der Waals surface area contributed by atoms with E-state index in [0.717, 1.165) is 32.7 Å². The molecule has 1 nitrogen and oxygen atoms in total. The lowest BCUT2D eigenvalue weighted by Gasteiger charge is -2.17. The molecule has 0 aliphatic heterocycles. The highest BCUT2D eigenvalue weighted by Crippen LogP contribution is 2.28. The normalized spacial score (nSPS) is 12.4. The van der Waals surface area contributed by atoms with Crippen LogP contribution in [0.5, 0.6) is 0 Å². The van der Waals surface area contributed by atoms with Gasteiger partial charge in [0.15, 0.2) is 0 Å². The predicted octanol–water partition coefficient (Wildman–Crippen LogP) is 5.57. The molecule has 0 saturated heterocycles. The molecule has 1 unspecified atom stereocenters. The standard InChI is InChI=1S/C16H16Cl3NS/c1-20-13(9-11-8-12(17)6-7-14(11)18)10-21-16-5-3-2-4-15(16)19/h2-8,13,20H,9-10H2,1H3. The molecule has 0 fully saturated rings. The maximum absolute atomic E-state index is 6.23. The molecule has 0 aromatic heterocycles. The summed E-state index contributed by atoms with van der Waals surface area (Å²) in [7, 11) is 1.95. The summed E-state index contributed by atoms with van der Waals surface area (Å²) >= 11 is 20.2. The van der Waals surface area contributed by atoms with Crippen molar-refractivity contribution >= 4 is 46.6 Å². The Morgan fingerprint density at radius 3 is 2.52 bits per heavy atom. The highest BCUT2D eigenvalue weighted by molar-refractivity contribution is 7.99. The van der Waals surface area contributed by atoms with Crippen molar-refractivity contribution in [1.29, 1.82) is 0 Å². The van der Waals surface area contributed by atoms with E-state index in [9.17, 15) is 0 Å². The third-order valence-electron chi connectivity index (χ3n) is 3.16. The van der Waals surface area contributed by atoms with E-state index >= 15 is 0 Å². The van der Waals surface area contributed by atoms with Crippen LogP contribution in [0.15, 0.2) is 47.4 Å². The van der Waals surface area contributed by atoms with Crippen molar-refractivity contribution < 1.29 is 0 Å². The maximum Gasteiger partial charge on any atom is 0.0541 e. The number of hydrogen-bond acceptors (Lipinski definition) is 2. The quantitative estimate of drug-likeness (QED) is 0.676. The molecule has 0 aliphatic rings. The van der Waals surface area contributed by atoms with Crippen LogP contribution in [-0.2, 0) is 6.42 Å². The Bertz CT molecular complexity index is 604. The lowest BCUT2D eigenvalue weighted by atomic mass is 10.1. The predicted molar refractivity (Wildman–Crippen MR) is 95.2 cm³/mol. The van der Waals surface area contributed by atoms with Crippen molar-refractivity contribution in [2.75, 3.05) is 12.8 Å². The fraction of sp³-hybridized carbons (Fsp3) is 0.250. The van der Waals surface area contributed by atoms with E-state index in [1.165, 1.54) is 0 Å². The Morgan fingerprint density at radius 2 is 1.81 bits per heavy atom. The molecule has 0 heterocycles.